The van der Waals surface area contributed by atoms with Crippen molar-refractivity contribution in [2.45, 2.75) is 38.9 Å². The number of nitrogens with one attached hydrogen (secondary N) is 1. The topological polar surface area (TPSA) is 41.6 Å². The van der Waals surface area contributed by atoms with Crippen LogP contribution in [0.2, 0.25) is 0 Å². The quantitative estimate of drug-likeness (QED) is 0.927. The van der Waals surface area contributed by atoms with Crippen LogP contribution in [-0.4, -0.2) is 36.6 Å². The van der Waals surface area contributed by atoms with E-state index in [9.17, 15) is 4.79 Å². The van der Waals surface area contributed by atoms with Crippen molar-refractivity contribution in [1.82, 2.24) is 10.2 Å². The average Bonchev–Trinajstić information content (AvgIpc) is 2.77. The summed E-state index contributed by atoms with van der Waals surface area (Å²) < 4.78 is 5.56. The Morgan fingerprint density at radius 2 is 2.29 bits per heavy atom. The smallest absolute Gasteiger partial charge is 0.241 e. The third kappa shape index (κ3) is 3.11. The zero-order valence-corrected chi connectivity index (χ0v) is 12.8. The number of benzene rings is 1. The maximum Gasteiger partial charge on any atom is 0.241 e. The fraction of sp³-hybridized carbons (Fsp3) is 0.588. The van der Waals surface area contributed by atoms with E-state index in [0.29, 0.717) is 5.92 Å². The van der Waals surface area contributed by atoms with Gasteiger partial charge in [0.15, 0.2) is 0 Å². The molecule has 3 atom stereocenters. The number of carbonyl (C=O) groups is 1. The summed E-state index contributed by atoms with van der Waals surface area (Å²) in [5.41, 5.74) is 2.40. The lowest BCUT2D eigenvalue weighted by Crippen LogP contribution is -2.37. The molecule has 21 heavy (non-hydrogen) atoms. The molecule has 0 aliphatic carbocycles. The molecule has 114 valence electrons. The maximum atomic E-state index is 12.5. The summed E-state index contributed by atoms with van der Waals surface area (Å²) >= 11 is 0. The van der Waals surface area contributed by atoms with Gasteiger partial charge in [-0.15, -0.1) is 0 Å². The molecule has 3 rings (SSSR count). The lowest BCUT2D eigenvalue weighted by molar-refractivity contribution is -0.131. The van der Waals surface area contributed by atoms with Gasteiger partial charge in [-0.25, -0.2) is 0 Å². The number of nitrogens with zero attached hydrogens (tertiary/aromatic N) is 1. The number of hydrogen-bond acceptors (Lipinski definition) is 3. The van der Waals surface area contributed by atoms with Gasteiger partial charge in [-0.2, -0.15) is 0 Å². The van der Waals surface area contributed by atoms with Crippen LogP contribution in [-0.2, 0) is 9.53 Å². The van der Waals surface area contributed by atoms with Gasteiger partial charge in [-0.3, -0.25) is 10.1 Å². The Morgan fingerprint density at radius 1 is 1.43 bits per heavy atom. The number of amides is 1. The van der Waals surface area contributed by atoms with E-state index in [0.717, 1.165) is 32.6 Å². The molecule has 1 N–H and O–H groups in total. The molecule has 0 spiro atoms. The van der Waals surface area contributed by atoms with Crippen molar-refractivity contribution < 1.29 is 9.53 Å². The van der Waals surface area contributed by atoms with Gasteiger partial charge >= 0.3 is 0 Å². The molecule has 0 saturated carbocycles. The molecule has 2 aliphatic heterocycles. The molecule has 0 aromatic heterocycles. The van der Waals surface area contributed by atoms with Gasteiger partial charge < -0.3 is 9.64 Å². The van der Waals surface area contributed by atoms with Gasteiger partial charge in [-0.1, -0.05) is 29.8 Å². The zero-order valence-electron chi connectivity index (χ0n) is 12.8. The second-order valence-corrected chi connectivity index (χ2v) is 6.28. The van der Waals surface area contributed by atoms with Crippen molar-refractivity contribution in [3.8, 4) is 0 Å². The second-order valence-electron chi connectivity index (χ2n) is 6.28. The Bertz CT molecular complexity index is 511. The Morgan fingerprint density at radius 3 is 3.00 bits per heavy atom. The van der Waals surface area contributed by atoms with Gasteiger partial charge in [0.25, 0.3) is 0 Å². The number of hydrogen-bond donors (Lipinski definition) is 1. The molecule has 1 aromatic carbocycles. The van der Waals surface area contributed by atoms with Crippen molar-refractivity contribution in [3.05, 3.63) is 35.4 Å². The van der Waals surface area contributed by atoms with Gasteiger partial charge in [0.05, 0.1) is 12.6 Å². The molecular formula is C17H24N2O2. The summed E-state index contributed by atoms with van der Waals surface area (Å²) in [6.45, 7) is 6.46. The minimum atomic E-state index is -0.111. The molecule has 4 heteroatoms. The first-order chi connectivity index (χ1) is 10.1. The first-order valence-corrected chi connectivity index (χ1v) is 7.86. The molecular weight excluding hydrogens is 264 g/mol. The normalized spacial score (nSPS) is 29.9. The summed E-state index contributed by atoms with van der Waals surface area (Å²) in [4.78, 5) is 14.5. The van der Waals surface area contributed by atoms with E-state index in [1.54, 1.807) is 0 Å². The summed E-state index contributed by atoms with van der Waals surface area (Å²) in [5, 5.41) is 3.42. The van der Waals surface area contributed by atoms with Crippen molar-refractivity contribution in [2.75, 3.05) is 19.8 Å². The van der Waals surface area contributed by atoms with Crippen LogP contribution in [0.1, 0.15) is 37.1 Å². The monoisotopic (exact) mass is 288 g/mol. The summed E-state index contributed by atoms with van der Waals surface area (Å²) in [6, 6.07) is 8.29. The molecule has 4 nitrogen and oxygen atoms in total. The van der Waals surface area contributed by atoms with E-state index in [-0.39, 0.29) is 18.1 Å². The van der Waals surface area contributed by atoms with Crippen molar-refractivity contribution >= 4 is 5.91 Å². The zero-order chi connectivity index (χ0) is 14.8. The predicted octanol–water partition coefficient (Wildman–Crippen LogP) is 2.24. The first-order valence-electron chi connectivity index (χ1n) is 7.86. The molecule has 2 fully saturated rings. The summed E-state index contributed by atoms with van der Waals surface area (Å²) in [6.07, 6.45) is 2.25. The van der Waals surface area contributed by atoms with Crippen LogP contribution in [0, 0.1) is 12.8 Å². The summed E-state index contributed by atoms with van der Waals surface area (Å²) in [7, 11) is 0. The standard InChI is InChI=1S/C17H24N2O2/c1-12-5-3-7-15(9-12)16-18-13(2)17(20)19(16)10-14-6-4-8-21-11-14/h3,5,7,9,13-14,16,18H,4,6,8,10-11H2,1-2H3. The molecule has 2 saturated heterocycles. The van der Waals surface area contributed by atoms with Crippen molar-refractivity contribution in [3.63, 3.8) is 0 Å². The minimum absolute atomic E-state index is 0.00525. The lowest BCUT2D eigenvalue weighted by Gasteiger charge is -2.31. The van der Waals surface area contributed by atoms with Crippen molar-refractivity contribution in [1.29, 1.82) is 0 Å². The first kappa shape index (κ1) is 14.5. The van der Waals surface area contributed by atoms with E-state index in [2.05, 4.69) is 36.5 Å². The predicted molar refractivity (Wildman–Crippen MR) is 81.8 cm³/mol. The van der Waals surface area contributed by atoms with E-state index < -0.39 is 0 Å². The third-order valence-corrected chi connectivity index (χ3v) is 4.44. The van der Waals surface area contributed by atoms with Gasteiger partial charge in [-0.05, 0) is 32.3 Å². The molecule has 1 amide bonds. The van der Waals surface area contributed by atoms with Crippen LogP contribution in [0.15, 0.2) is 24.3 Å². The molecule has 0 radical (unpaired) electrons. The van der Waals surface area contributed by atoms with Gasteiger partial charge in [0.2, 0.25) is 5.91 Å². The molecule has 0 bridgehead atoms. The largest absolute Gasteiger partial charge is 0.381 e. The third-order valence-electron chi connectivity index (χ3n) is 4.44. The maximum absolute atomic E-state index is 12.5. The SMILES string of the molecule is Cc1cccc(C2NC(C)C(=O)N2CC2CCCOC2)c1. The molecule has 1 aromatic rings. The highest BCUT2D eigenvalue weighted by atomic mass is 16.5. The average molecular weight is 288 g/mol. The number of ether oxygens (including phenoxy) is 1. The Kier molecular flexibility index (Phi) is 4.27. The van der Waals surface area contributed by atoms with Crippen LogP contribution in [0.4, 0.5) is 0 Å². The lowest BCUT2D eigenvalue weighted by atomic mass is 10.0. The Labute approximate surface area is 126 Å². The number of aryl methyl sites for hydroxylation is 1. The van der Waals surface area contributed by atoms with Crippen LogP contribution in [0.5, 0.6) is 0 Å². The highest BCUT2D eigenvalue weighted by Gasteiger charge is 2.38. The number of rotatable bonds is 3. The fourth-order valence-corrected chi connectivity index (χ4v) is 3.32. The Hall–Kier alpha value is -1.39. The van der Waals surface area contributed by atoms with E-state index in [1.807, 2.05) is 11.8 Å². The number of carbonyl (C=O) groups excluding carboxylic acids is 1. The van der Waals surface area contributed by atoms with E-state index in [4.69, 9.17) is 4.74 Å². The molecule has 2 aliphatic rings. The van der Waals surface area contributed by atoms with E-state index in [1.165, 1.54) is 11.1 Å². The van der Waals surface area contributed by atoms with Crippen LogP contribution < -0.4 is 5.32 Å². The molecule has 3 unspecified atom stereocenters. The fourth-order valence-electron chi connectivity index (χ4n) is 3.32. The van der Waals surface area contributed by atoms with Gasteiger partial charge in [0.1, 0.15) is 6.17 Å². The van der Waals surface area contributed by atoms with Gasteiger partial charge in [0, 0.05) is 19.1 Å². The van der Waals surface area contributed by atoms with Crippen LogP contribution in [0.25, 0.3) is 0 Å². The highest BCUT2D eigenvalue weighted by molar-refractivity contribution is 5.84. The second kappa shape index (κ2) is 6.16. The Balaban J connectivity index is 1.78. The highest BCUT2D eigenvalue weighted by Crippen LogP contribution is 2.28. The van der Waals surface area contributed by atoms with Crippen LogP contribution >= 0.6 is 0 Å². The van der Waals surface area contributed by atoms with E-state index >= 15 is 0 Å². The summed E-state index contributed by atoms with van der Waals surface area (Å²) in [5.74, 6) is 0.661. The minimum Gasteiger partial charge on any atom is -0.381 e. The van der Waals surface area contributed by atoms with Crippen molar-refractivity contribution in [2.24, 2.45) is 5.92 Å². The van der Waals surface area contributed by atoms with Crippen LogP contribution in [0.3, 0.4) is 0 Å². The molecule has 2 heterocycles.